The van der Waals surface area contributed by atoms with Crippen LogP contribution in [-0.2, 0) is 18.8 Å². The minimum absolute atomic E-state index is 0.258. The van der Waals surface area contributed by atoms with Gasteiger partial charge in [-0.1, -0.05) is 13.8 Å². The van der Waals surface area contributed by atoms with Crippen LogP contribution >= 0.6 is 0 Å². The second-order valence-corrected chi connectivity index (χ2v) is 5.11. The normalized spacial score (nSPS) is 13.0. The van der Waals surface area contributed by atoms with Gasteiger partial charge in [-0.2, -0.15) is 14.0 Å². The Morgan fingerprint density at radius 2 is 1.74 bits per heavy atom. The summed E-state index contributed by atoms with van der Waals surface area (Å²) in [6.45, 7) is 3.89. The fraction of sp³-hybridized carbons (Fsp3) is 0.562. The highest BCUT2D eigenvalue weighted by Crippen LogP contribution is 2.38. The van der Waals surface area contributed by atoms with Crippen molar-refractivity contribution in [2.45, 2.75) is 51.6 Å². The van der Waals surface area contributed by atoms with Gasteiger partial charge in [-0.25, -0.2) is 8.78 Å². The molecule has 0 aliphatic heterocycles. The molecule has 1 atom stereocenters. The van der Waals surface area contributed by atoms with Gasteiger partial charge in [0.1, 0.15) is 0 Å². The Labute approximate surface area is 132 Å². The highest BCUT2D eigenvalue weighted by Gasteiger charge is 2.46. The highest BCUT2D eigenvalue weighted by atomic mass is 19.3. The molecule has 0 aliphatic carbocycles. The molecule has 128 valence electrons. The SMILES string of the molecule is CCc1cc(C(F)(F)C(O)C(F)F)cc(CC)c1NCCC#N. The molecule has 0 amide bonds. The largest absolute Gasteiger partial charge is 0.384 e. The first-order valence-corrected chi connectivity index (χ1v) is 7.40. The summed E-state index contributed by atoms with van der Waals surface area (Å²) >= 11 is 0. The average Bonchev–Trinajstić information content (AvgIpc) is 2.53. The predicted octanol–water partition coefficient (Wildman–Crippen LogP) is 3.85. The Hall–Kier alpha value is -1.81. The summed E-state index contributed by atoms with van der Waals surface area (Å²) in [6, 6.07) is 4.25. The van der Waals surface area contributed by atoms with E-state index < -0.39 is 24.0 Å². The molecule has 1 rings (SSSR count). The van der Waals surface area contributed by atoms with Crippen LogP contribution < -0.4 is 5.32 Å². The maximum absolute atomic E-state index is 14.1. The lowest BCUT2D eigenvalue weighted by atomic mass is 9.94. The summed E-state index contributed by atoms with van der Waals surface area (Å²) in [5, 5.41) is 20.7. The third-order valence-electron chi connectivity index (χ3n) is 3.60. The van der Waals surface area contributed by atoms with E-state index in [1.54, 1.807) is 13.8 Å². The molecule has 1 unspecified atom stereocenters. The van der Waals surface area contributed by atoms with Crippen molar-refractivity contribution >= 4 is 5.69 Å². The Bertz CT molecular complexity index is 545. The number of nitriles is 1. The number of nitrogens with one attached hydrogen (secondary N) is 1. The summed E-state index contributed by atoms with van der Waals surface area (Å²) in [5.41, 5.74) is 1.11. The number of halogens is 4. The summed E-state index contributed by atoms with van der Waals surface area (Å²) in [5.74, 6) is -4.03. The Morgan fingerprint density at radius 1 is 1.22 bits per heavy atom. The highest BCUT2D eigenvalue weighted by molar-refractivity contribution is 5.60. The van der Waals surface area contributed by atoms with Gasteiger partial charge in [0.2, 0.25) is 0 Å². The van der Waals surface area contributed by atoms with E-state index in [-0.39, 0.29) is 6.42 Å². The van der Waals surface area contributed by atoms with E-state index in [9.17, 15) is 17.6 Å². The van der Waals surface area contributed by atoms with Crippen molar-refractivity contribution in [2.24, 2.45) is 0 Å². The third kappa shape index (κ3) is 4.35. The van der Waals surface area contributed by atoms with Crippen LogP contribution in [0, 0.1) is 11.3 Å². The van der Waals surface area contributed by atoms with Gasteiger partial charge >= 0.3 is 5.92 Å². The fourth-order valence-electron chi connectivity index (χ4n) is 2.32. The zero-order chi connectivity index (χ0) is 17.6. The van der Waals surface area contributed by atoms with Crippen molar-refractivity contribution in [2.75, 3.05) is 11.9 Å². The monoisotopic (exact) mass is 332 g/mol. The smallest absolute Gasteiger partial charge is 0.304 e. The van der Waals surface area contributed by atoms with E-state index in [1.165, 1.54) is 0 Å². The number of aryl methyl sites for hydroxylation is 2. The zero-order valence-corrected chi connectivity index (χ0v) is 13.0. The minimum Gasteiger partial charge on any atom is -0.384 e. The lowest BCUT2D eigenvalue weighted by Crippen LogP contribution is -2.37. The lowest BCUT2D eigenvalue weighted by Gasteiger charge is -2.25. The van der Waals surface area contributed by atoms with Crippen molar-refractivity contribution in [3.05, 3.63) is 28.8 Å². The van der Waals surface area contributed by atoms with Gasteiger partial charge in [-0.05, 0) is 36.1 Å². The Kier molecular flexibility index (Phi) is 6.82. The molecule has 1 aromatic carbocycles. The molecule has 0 aliphatic rings. The maximum Gasteiger partial charge on any atom is 0.304 e. The van der Waals surface area contributed by atoms with E-state index >= 15 is 0 Å². The van der Waals surface area contributed by atoms with Crippen LogP contribution in [-0.4, -0.2) is 24.2 Å². The average molecular weight is 332 g/mol. The van der Waals surface area contributed by atoms with E-state index in [1.807, 2.05) is 6.07 Å². The number of rotatable bonds is 8. The van der Waals surface area contributed by atoms with Crippen molar-refractivity contribution in [3.8, 4) is 6.07 Å². The van der Waals surface area contributed by atoms with Gasteiger partial charge in [0.05, 0.1) is 12.5 Å². The Balaban J connectivity index is 3.30. The molecule has 0 bridgehead atoms. The minimum atomic E-state index is -4.03. The lowest BCUT2D eigenvalue weighted by molar-refractivity contribution is -0.168. The van der Waals surface area contributed by atoms with Crippen LogP contribution in [0.4, 0.5) is 23.2 Å². The molecule has 0 saturated carbocycles. The second-order valence-electron chi connectivity index (χ2n) is 5.11. The van der Waals surface area contributed by atoms with Crippen LogP contribution in [0.3, 0.4) is 0 Å². The molecule has 7 heteroatoms. The number of aliphatic hydroxyl groups is 1. The number of benzene rings is 1. The van der Waals surface area contributed by atoms with Crippen molar-refractivity contribution in [3.63, 3.8) is 0 Å². The molecule has 0 fully saturated rings. The first-order chi connectivity index (χ1) is 10.8. The van der Waals surface area contributed by atoms with Gasteiger partial charge < -0.3 is 10.4 Å². The van der Waals surface area contributed by atoms with Crippen molar-refractivity contribution in [1.82, 2.24) is 0 Å². The molecular formula is C16H20F4N2O. The van der Waals surface area contributed by atoms with Gasteiger partial charge in [0.15, 0.2) is 6.10 Å². The van der Waals surface area contributed by atoms with E-state index in [2.05, 4.69) is 5.32 Å². The predicted molar refractivity (Wildman–Crippen MR) is 79.8 cm³/mol. The van der Waals surface area contributed by atoms with Gasteiger partial charge in [-0.3, -0.25) is 0 Å². The van der Waals surface area contributed by atoms with Gasteiger partial charge in [0, 0.05) is 17.8 Å². The quantitative estimate of drug-likeness (QED) is 0.561. The molecule has 3 nitrogen and oxygen atoms in total. The number of hydrogen-bond donors (Lipinski definition) is 2. The molecule has 0 aromatic heterocycles. The molecule has 1 aromatic rings. The molecule has 2 N–H and O–H groups in total. The van der Waals surface area contributed by atoms with Crippen LogP contribution in [0.5, 0.6) is 0 Å². The standard InChI is InChI=1S/C16H20F4N2O/c1-3-10-8-12(16(19,20)14(23)15(17)18)9-11(4-2)13(10)22-7-5-6-21/h8-9,14-15,22-23H,3-5,7H2,1-2H3. The summed E-state index contributed by atoms with van der Waals surface area (Å²) in [7, 11) is 0. The van der Waals surface area contributed by atoms with E-state index in [0.29, 0.717) is 36.2 Å². The summed E-state index contributed by atoms with van der Waals surface area (Å²) in [6.07, 6.45) is -5.50. The number of hydrogen-bond acceptors (Lipinski definition) is 3. The fourth-order valence-corrected chi connectivity index (χ4v) is 2.32. The van der Waals surface area contributed by atoms with Gasteiger partial charge in [-0.15, -0.1) is 0 Å². The van der Waals surface area contributed by atoms with Crippen LogP contribution in [0.1, 0.15) is 37.0 Å². The van der Waals surface area contributed by atoms with Crippen molar-refractivity contribution < 1.29 is 22.7 Å². The zero-order valence-electron chi connectivity index (χ0n) is 13.0. The molecular weight excluding hydrogens is 312 g/mol. The number of anilines is 1. The van der Waals surface area contributed by atoms with Crippen molar-refractivity contribution in [1.29, 1.82) is 5.26 Å². The maximum atomic E-state index is 14.1. The third-order valence-corrected chi connectivity index (χ3v) is 3.60. The van der Waals surface area contributed by atoms with Crippen LogP contribution in [0.2, 0.25) is 0 Å². The van der Waals surface area contributed by atoms with Crippen LogP contribution in [0.25, 0.3) is 0 Å². The molecule has 0 radical (unpaired) electrons. The number of aliphatic hydroxyl groups excluding tert-OH is 1. The van der Waals surface area contributed by atoms with Crippen LogP contribution in [0.15, 0.2) is 12.1 Å². The second kappa shape index (κ2) is 8.16. The number of nitrogens with zero attached hydrogens (tertiary/aromatic N) is 1. The molecule has 0 saturated heterocycles. The molecule has 0 spiro atoms. The number of alkyl halides is 4. The summed E-state index contributed by atoms with van der Waals surface area (Å²) in [4.78, 5) is 0. The van der Waals surface area contributed by atoms with E-state index in [4.69, 9.17) is 10.4 Å². The van der Waals surface area contributed by atoms with Gasteiger partial charge in [0.25, 0.3) is 6.43 Å². The topological polar surface area (TPSA) is 56.0 Å². The first kappa shape index (κ1) is 19.2. The first-order valence-electron chi connectivity index (χ1n) is 7.40. The molecule has 23 heavy (non-hydrogen) atoms. The Morgan fingerprint density at radius 3 is 2.13 bits per heavy atom. The molecule has 0 heterocycles. The van der Waals surface area contributed by atoms with E-state index in [0.717, 1.165) is 12.1 Å². The summed E-state index contributed by atoms with van der Waals surface area (Å²) < 4.78 is 53.1.